The summed E-state index contributed by atoms with van der Waals surface area (Å²) in [7, 11) is -10.3. The van der Waals surface area contributed by atoms with Crippen molar-refractivity contribution in [1.82, 2.24) is 0 Å². The quantitative estimate of drug-likeness (QED) is 0.0289. The summed E-state index contributed by atoms with van der Waals surface area (Å²) in [6, 6.07) is 0.520. The summed E-state index contributed by atoms with van der Waals surface area (Å²) in [4.78, 5) is 1.30. The molecule has 0 aliphatic heterocycles. The predicted molar refractivity (Wildman–Crippen MR) is 277 cm³/mol. The van der Waals surface area contributed by atoms with Crippen LogP contribution in [0.1, 0.15) is 237 Å². The van der Waals surface area contributed by atoms with Crippen molar-refractivity contribution < 1.29 is 46.0 Å². The van der Waals surface area contributed by atoms with Gasteiger partial charge in [0.2, 0.25) is 0 Å². The highest BCUT2D eigenvalue weighted by atomic mass is 32.2. The van der Waals surface area contributed by atoms with Crippen LogP contribution < -0.4 is 9.80 Å². The van der Waals surface area contributed by atoms with E-state index in [2.05, 4.69) is 83.1 Å². The molecule has 0 unspecified atom stereocenters. The molecule has 0 atom stereocenters. The van der Waals surface area contributed by atoms with Crippen molar-refractivity contribution in [3.8, 4) is 11.5 Å². The number of nitrogens with one attached hydrogen (secondary N) is 2. The molecule has 66 heavy (non-hydrogen) atoms. The molecule has 0 saturated carbocycles. The molecular weight excluding hydrogens is 869 g/mol. The number of benzene rings is 1. The molecule has 0 fully saturated rings. The topological polar surface area (TPSA) is 164 Å². The van der Waals surface area contributed by atoms with Crippen LogP contribution in [0.3, 0.4) is 0 Å². The standard InChI is InChI=1S/2C24H51N.C6H6O8S2/c2*1-22(2)16-10-7-13-19-25(20-14-8-11-17-23(3)4)21-15-9-12-18-24(5)6;7-4-1-3(15(9,10)11)2-5(6(4)8)16(12,13)14/h2*22-24H,7-21H2,1-6H3;1-2,7-8H,(H,9,10,11)(H,12,13,14). The zero-order valence-electron chi connectivity index (χ0n) is 45.0. The zero-order valence-corrected chi connectivity index (χ0v) is 46.6. The maximum Gasteiger partial charge on any atom is 0.175 e. The highest BCUT2D eigenvalue weighted by Gasteiger charge is 2.17. The Morgan fingerprint density at radius 2 is 0.606 bits per heavy atom. The summed E-state index contributed by atoms with van der Waals surface area (Å²) in [6.45, 7) is 36.8. The van der Waals surface area contributed by atoms with Crippen LogP contribution in [0.2, 0.25) is 0 Å². The fourth-order valence-electron chi connectivity index (χ4n) is 8.28. The Labute approximate surface area is 409 Å². The Kier molecular flexibility index (Phi) is 40.7. The smallest absolute Gasteiger partial charge is 0.175 e. The van der Waals surface area contributed by atoms with Crippen LogP contribution in [0.5, 0.6) is 11.5 Å². The molecule has 10 nitrogen and oxygen atoms in total. The first-order chi connectivity index (χ1) is 30.9. The minimum absolute atomic E-state index is 0.180. The second kappa shape index (κ2) is 40.3. The van der Waals surface area contributed by atoms with Crippen LogP contribution in [-0.4, -0.2) is 75.4 Å². The van der Waals surface area contributed by atoms with Gasteiger partial charge < -0.3 is 29.1 Å². The molecule has 0 aliphatic rings. The van der Waals surface area contributed by atoms with Crippen molar-refractivity contribution in [2.75, 3.05) is 39.3 Å². The number of unbranched alkanes of at least 4 members (excludes halogenated alkanes) is 12. The Morgan fingerprint density at radius 1 is 0.379 bits per heavy atom. The molecule has 0 bridgehead atoms. The number of hydrogen-bond acceptors (Lipinski definition) is 8. The molecule has 12 heteroatoms. The van der Waals surface area contributed by atoms with Crippen molar-refractivity contribution in [2.24, 2.45) is 35.5 Å². The third kappa shape index (κ3) is 42.6. The zero-order chi connectivity index (χ0) is 50.6. The largest absolute Gasteiger partial charge is 0.744 e. The van der Waals surface area contributed by atoms with Crippen LogP contribution in [0, 0.1) is 35.5 Å². The first kappa shape index (κ1) is 66.6. The Hall–Kier alpha value is -1.44. The lowest BCUT2D eigenvalue weighted by Crippen LogP contribution is -3.12. The normalized spacial score (nSPS) is 12.3. The minimum atomic E-state index is -5.20. The molecule has 1 aromatic carbocycles. The highest BCUT2D eigenvalue weighted by Crippen LogP contribution is 2.34. The predicted octanol–water partition coefficient (Wildman–Crippen LogP) is 11.9. The van der Waals surface area contributed by atoms with E-state index in [1.807, 2.05) is 9.80 Å². The average Bonchev–Trinajstić information content (AvgIpc) is 3.19. The van der Waals surface area contributed by atoms with Crippen LogP contribution in [0.25, 0.3) is 0 Å². The monoisotopic (exact) mass is 977 g/mol. The number of hydrogen-bond donors (Lipinski definition) is 4. The van der Waals surface area contributed by atoms with Crippen LogP contribution in [0.15, 0.2) is 21.9 Å². The van der Waals surface area contributed by atoms with Crippen molar-refractivity contribution in [1.29, 1.82) is 0 Å². The molecule has 0 saturated heterocycles. The lowest BCUT2D eigenvalue weighted by Gasteiger charge is -2.20. The maximum absolute atomic E-state index is 10.6. The first-order valence-electron chi connectivity index (χ1n) is 27.0. The van der Waals surface area contributed by atoms with E-state index in [9.17, 15) is 25.9 Å². The number of quaternary nitrogens is 2. The summed E-state index contributed by atoms with van der Waals surface area (Å²) in [5, 5.41) is 17.9. The van der Waals surface area contributed by atoms with E-state index < -0.39 is 41.5 Å². The van der Waals surface area contributed by atoms with Gasteiger partial charge in [0.1, 0.15) is 25.1 Å². The molecule has 0 heterocycles. The molecule has 394 valence electrons. The van der Waals surface area contributed by atoms with Crippen molar-refractivity contribution in [2.45, 2.75) is 247 Å². The van der Waals surface area contributed by atoms with E-state index in [-0.39, 0.29) is 6.07 Å². The minimum Gasteiger partial charge on any atom is -0.744 e. The van der Waals surface area contributed by atoms with E-state index in [4.69, 9.17) is 10.2 Å². The Balaban J connectivity index is 0. The van der Waals surface area contributed by atoms with Gasteiger partial charge >= 0.3 is 0 Å². The second-order valence-corrected chi connectivity index (χ2v) is 24.9. The molecule has 0 aliphatic carbocycles. The molecule has 0 amide bonds. The summed E-state index contributed by atoms with van der Waals surface area (Å²) >= 11 is 0. The van der Waals surface area contributed by atoms with E-state index in [0.29, 0.717) is 6.07 Å². The van der Waals surface area contributed by atoms with Crippen LogP contribution in [-0.2, 0) is 20.2 Å². The molecule has 1 aromatic rings. The van der Waals surface area contributed by atoms with Gasteiger partial charge in [-0.05, 0) is 119 Å². The third-order valence-corrected chi connectivity index (χ3v) is 14.1. The molecular formula is C54H108N2O8S2. The van der Waals surface area contributed by atoms with E-state index >= 15 is 0 Å². The molecule has 1 rings (SSSR count). The van der Waals surface area contributed by atoms with Gasteiger partial charge in [0.25, 0.3) is 0 Å². The van der Waals surface area contributed by atoms with Gasteiger partial charge in [-0.2, -0.15) is 0 Å². The summed E-state index contributed by atoms with van der Waals surface area (Å²) < 4.78 is 63.3. The Morgan fingerprint density at radius 3 is 0.788 bits per heavy atom. The molecule has 0 radical (unpaired) electrons. The summed E-state index contributed by atoms with van der Waals surface area (Å²) in [5.41, 5.74) is 0. The molecule has 4 N–H and O–H groups in total. The van der Waals surface area contributed by atoms with Gasteiger partial charge in [0, 0.05) is 6.07 Å². The lowest BCUT2D eigenvalue weighted by molar-refractivity contribution is -0.901. The fraction of sp³-hybridized carbons (Fsp3) is 0.889. The van der Waals surface area contributed by atoms with Gasteiger partial charge in [0.05, 0.1) is 44.2 Å². The number of rotatable bonds is 38. The van der Waals surface area contributed by atoms with Gasteiger partial charge in [-0.1, -0.05) is 160 Å². The van der Waals surface area contributed by atoms with E-state index in [1.54, 1.807) is 0 Å². The van der Waals surface area contributed by atoms with E-state index in [1.165, 1.54) is 193 Å². The van der Waals surface area contributed by atoms with Gasteiger partial charge in [-0.25, -0.2) is 16.8 Å². The SMILES string of the molecule is CC(C)CCCCC[NH+](CCCCCC(C)C)CCCCCC(C)C.CC(C)CCCCC[NH+](CCCCCC(C)C)CCCCCC(C)C.O=S(=O)([O-])c1cc(O)c(O)c(S(=O)(=O)[O-])c1. The summed E-state index contributed by atoms with van der Waals surface area (Å²) in [6.07, 6.45) is 34.5. The van der Waals surface area contributed by atoms with Crippen molar-refractivity contribution in [3.05, 3.63) is 12.1 Å². The average molecular weight is 978 g/mol. The number of phenolic OH excluding ortho intramolecular Hbond substituents is 2. The Bertz CT molecular complexity index is 1360. The van der Waals surface area contributed by atoms with Crippen molar-refractivity contribution in [3.63, 3.8) is 0 Å². The van der Waals surface area contributed by atoms with Crippen LogP contribution in [0.4, 0.5) is 0 Å². The van der Waals surface area contributed by atoms with Crippen molar-refractivity contribution >= 4 is 20.2 Å². The maximum atomic E-state index is 10.6. The fourth-order valence-corrected chi connectivity index (χ4v) is 9.49. The third-order valence-electron chi connectivity index (χ3n) is 12.5. The number of aromatic hydroxyl groups is 2. The van der Waals surface area contributed by atoms with E-state index in [0.717, 1.165) is 35.5 Å². The van der Waals surface area contributed by atoms with Gasteiger partial charge in [0.15, 0.2) is 11.5 Å². The summed E-state index contributed by atoms with van der Waals surface area (Å²) in [5.74, 6) is 2.79. The number of phenols is 2. The first-order valence-corrected chi connectivity index (χ1v) is 29.8. The van der Waals surface area contributed by atoms with Crippen LogP contribution >= 0.6 is 0 Å². The lowest BCUT2D eigenvalue weighted by atomic mass is 10.0. The second-order valence-electron chi connectivity index (χ2n) is 22.2. The van der Waals surface area contributed by atoms with Gasteiger partial charge in [-0.3, -0.25) is 0 Å². The molecule has 0 spiro atoms. The molecule has 0 aromatic heterocycles. The highest BCUT2D eigenvalue weighted by molar-refractivity contribution is 7.86. The van der Waals surface area contributed by atoms with Gasteiger partial charge in [-0.15, -0.1) is 0 Å².